The molecule has 0 bridgehead atoms. The Morgan fingerprint density at radius 2 is 2.00 bits per heavy atom. The van der Waals surface area contributed by atoms with Crippen molar-refractivity contribution in [3.8, 4) is 0 Å². The smallest absolute Gasteiger partial charge is 0.326 e. The summed E-state index contributed by atoms with van der Waals surface area (Å²) in [6, 6.07) is 1.48. The average molecular weight is 327 g/mol. The fourth-order valence-electron chi connectivity index (χ4n) is 2.38. The first-order valence-electron chi connectivity index (χ1n) is 7.35. The van der Waals surface area contributed by atoms with Crippen LogP contribution in [0.3, 0.4) is 0 Å². The van der Waals surface area contributed by atoms with Crippen molar-refractivity contribution in [2.45, 2.75) is 45.1 Å². The van der Waals surface area contributed by atoms with Gasteiger partial charge in [0.1, 0.15) is 6.54 Å². The fraction of sp³-hybridized carbons (Fsp3) is 0.600. The van der Waals surface area contributed by atoms with Crippen molar-refractivity contribution in [1.29, 1.82) is 0 Å². The van der Waals surface area contributed by atoms with Crippen LogP contribution in [0, 0.1) is 19.8 Å². The Morgan fingerprint density at radius 3 is 2.55 bits per heavy atom. The number of hydrogen-bond acceptors (Lipinski definition) is 5. The summed E-state index contributed by atoms with van der Waals surface area (Å²) in [5, 5.41) is 0. The van der Waals surface area contributed by atoms with Crippen LogP contribution in [0.1, 0.15) is 31.0 Å². The van der Waals surface area contributed by atoms with Crippen LogP contribution in [-0.2, 0) is 25.9 Å². The molecule has 1 aromatic heterocycles. The maximum absolute atomic E-state index is 12.4. The molecule has 0 aliphatic heterocycles. The first-order chi connectivity index (χ1) is 10.3. The van der Waals surface area contributed by atoms with Gasteiger partial charge in [-0.15, -0.1) is 0 Å². The van der Waals surface area contributed by atoms with Crippen molar-refractivity contribution < 1.29 is 17.9 Å². The summed E-state index contributed by atoms with van der Waals surface area (Å²) in [5.74, 6) is -0.207. The molecule has 7 heteroatoms. The second-order valence-corrected chi connectivity index (χ2v) is 7.70. The van der Waals surface area contributed by atoms with Gasteiger partial charge in [0.15, 0.2) is 9.84 Å². The quantitative estimate of drug-likeness (QED) is 0.734. The Labute approximate surface area is 130 Å². The van der Waals surface area contributed by atoms with Crippen LogP contribution in [0.25, 0.3) is 0 Å². The Balaban J connectivity index is 2.40. The van der Waals surface area contributed by atoms with Gasteiger partial charge in [-0.1, -0.05) is 0 Å². The standard InChI is InChI=1S/C15H21NO5S/c1-4-21-14(17)8-16-10(2)7-13(11(3)15(16)18)22(19,20)9-12-5-6-12/h7,12H,4-6,8-9H2,1-3H3. The Bertz CT molecular complexity index is 744. The lowest BCUT2D eigenvalue weighted by atomic mass is 10.2. The normalized spacial score (nSPS) is 14.9. The van der Waals surface area contributed by atoms with E-state index in [0.717, 1.165) is 12.8 Å². The highest BCUT2D eigenvalue weighted by atomic mass is 32.2. The molecule has 1 heterocycles. The lowest BCUT2D eigenvalue weighted by molar-refractivity contribution is -0.143. The van der Waals surface area contributed by atoms with Gasteiger partial charge < -0.3 is 9.30 Å². The predicted molar refractivity (Wildman–Crippen MR) is 81.6 cm³/mol. The van der Waals surface area contributed by atoms with Crippen molar-refractivity contribution in [3.63, 3.8) is 0 Å². The Kier molecular flexibility index (Phi) is 4.75. The molecule has 122 valence electrons. The van der Waals surface area contributed by atoms with Gasteiger partial charge in [0.25, 0.3) is 5.56 Å². The third-order valence-electron chi connectivity index (χ3n) is 3.78. The molecule has 0 N–H and O–H groups in total. The number of nitrogens with zero attached hydrogens (tertiary/aromatic N) is 1. The van der Waals surface area contributed by atoms with Gasteiger partial charge in [0, 0.05) is 11.3 Å². The van der Waals surface area contributed by atoms with Crippen LogP contribution < -0.4 is 5.56 Å². The molecule has 6 nitrogen and oxygen atoms in total. The summed E-state index contributed by atoms with van der Waals surface area (Å²) in [6.07, 6.45) is 1.86. The first-order valence-corrected chi connectivity index (χ1v) is 9.01. The lowest BCUT2D eigenvalue weighted by Crippen LogP contribution is -2.30. The zero-order valence-corrected chi connectivity index (χ0v) is 13.9. The van der Waals surface area contributed by atoms with Crippen LogP contribution in [0.2, 0.25) is 0 Å². The van der Waals surface area contributed by atoms with E-state index < -0.39 is 21.4 Å². The molecule has 0 amide bonds. The molecule has 1 fully saturated rings. The monoisotopic (exact) mass is 327 g/mol. The minimum absolute atomic E-state index is 0.0852. The number of esters is 1. The van der Waals surface area contributed by atoms with E-state index in [1.807, 2.05) is 0 Å². The third kappa shape index (κ3) is 3.58. The summed E-state index contributed by atoms with van der Waals surface area (Å²) < 4.78 is 30.9. The minimum Gasteiger partial charge on any atom is -0.465 e. The molecule has 22 heavy (non-hydrogen) atoms. The minimum atomic E-state index is -3.46. The highest BCUT2D eigenvalue weighted by molar-refractivity contribution is 7.91. The van der Waals surface area contributed by atoms with E-state index in [2.05, 4.69) is 0 Å². The molecule has 2 rings (SSSR count). The van der Waals surface area contributed by atoms with Gasteiger partial charge in [0.2, 0.25) is 0 Å². The topological polar surface area (TPSA) is 82.4 Å². The molecular weight excluding hydrogens is 306 g/mol. The van der Waals surface area contributed by atoms with Crippen molar-refractivity contribution in [3.05, 3.63) is 27.7 Å². The molecule has 0 unspecified atom stereocenters. The summed E-state index contributed by atoms with van der Waals surface area (Å²) >= 11 is 0. The van der Waals surface area contributed by atoms with Crippen LogP contribution in [-0.4, -0.2) is 31.3 Å². The van der Waals surface area contributed by atoms with Crippen molar-refractivity contribution in [2.75, 3.05) is 12.4 Å². The van der Waals surface area contributed by atoms with E-state index in [4.69, 9.17) is 4.74 Å². The van der Waals surface area contributed by atoms with Crippen LogP contribution in [0.5, 0.6) is 0 Å². The number of aromatic nitrogens is 1. The Hall–Kier alpha value is -1.63. The zero-order chi connectivity index (χ0) is 16.5. The summed E-state index contributed by atoms with van der Waals surface area (Å²) in [4.78, 5) is 24.0. The van der Waals surface area contributed by atoms with Gasteiger partial charge in [-0.25, -0.2) is 8.42 Å². The number of rotatable bonds is 6. The van der Waals surface area contributed by atoms with Crippen LogP contribution in [0.4, 0.5) is 0 Å². The van der Waals surface area contributed by atoms with E-state index in [1.54, 1.807) is 13.8 Å². The number of hydrogen-bond donors (Lipinski definition) is 0. The van der Waals surface area contributed by atoms with Crippen LogP contribution >= 0.6 is 0 Å². The SMILES string of the molecule is CCOC(=O)Cn1c(C)cc(S(=O)(=O)CC2CC2)c(C)c1=O. The van der Waals surface area contributed by atoms with Crippen molar-refractivity contribution in [1.82, 2.24) is 4.57 Å². The maximum atomic E-state index is 12.4. The van der Waals surface area contributed by atoms with E-state index >= 15 is 0 Å². The molecular formula is C15H21NO5S. The van der Waals surface area contributed by atoms with Gasteiger partial charge >= 0.3 is 5.97 Å². The number of aryl methyl sites for hydroxylation is 1. The molecule has 1 aliphatic carbocycles. The summed E-state index contributed by atoms with van der Waals surface area (Å²) in [6.45, 7) is 4.83. The van der Waals surface area contributed by atoms with Gasteiger partial charge in [-0.2, -0.15) is 0 Å². The van der Waals surface area contributed by atoms with Gasteiger partial charge in [-0.05, 0) is 45.6 Å². The summed E-state index contributed by atoms with van der Waals surface area (Å²) in [7, 11) is -3.46. The number of sulfone groups is 1. The fourth-order valence-corrected chi connectivity index (χ4v) is 4.42. The van der Waals surface area contributed by atoms with Gasteiger partial charge in [0.05, 0.1) is 17.3 Å². The van der Waals surface area contributed by atoms with Crippen LogP contribution in [0.15, 0.2) is 15.8 Å². The second kappa shape index (κ2) is 6.24. The van der Waals surface area contributed by atoms with Gasteiger partial charge in [-0.3, -0.25) is 9.59 Å². The van der Waals surface area contributed by atoms with E-state index in [9.17, 15) is 18.0 Å². The maximum Gasteiger partial charge on any atom is 0.326 e. The molecule has 1 aliphatic rings. The molecule has 0 spiro atoms. The summed E-state index contributed by atoms with van der Waals surface area (Å²) in [5.41, 5.74) is 0.149. The van der Waals surface area contributed by atoms with E-state index in [-0.39, 0.29) is 35.3 Å². The average Bonchev–Trinajstić information content (AvgIpc) is 3.22. The molecule has 1 saturated carbocycles. The zero-order valence-electron chi connectivity index (χ0n) is 13.1. The molecule has 0 saturated heterocycles. The van der Waals surface area contributed by atoms with Crippen molar-refractivity contribution in [2.24, 2.45) is 5.92 Å². The number of pyridine rings is 1. The van der Waals surface area contributed by atoms with Crippen molar-refractivity contribution >= 4 is 15.8 Å². The lowest BCUT2D eigenvalue weighted by Gasteiger charge is -2.14. The molecule has 0 atom stereocenters. The molecule has 0 radical (unpaired) electrons. The molecule has 1 aromatic rings. The second-order valence-electron chi connectivity index (χ2n) is 5.70. The predicted octanol–water partition coefficient (Wildman–Crippen LogP) is 1.21. The largest absolute Gasteiger partial charge is 0.465 e. The number of carbonyl (C=O) groups excluding carboxylic acids is 1. The Morgan fingerprint density at radius 1 is 1.36 bits per heavy atom. The van der Waals surface area contributed by atoms with E-state index in [1.165, 1.54) is 17.6 Å². The third-order valence-corrected chi connectivity index (χ3v) is 5.79. The number of carbonyl (C=O) groups is 1. The molecule has 0 aromatic carbocycles. The first kappa shape index (κ1) is 16.7. The highest BCUT2D eigenvalue weighted by Crippen LogP contribution is 2.32. The van der Waals surface area contributed by atoms with E-state index in [0.29, 0.717) is 5.69 Å². The highest BCUT2D eigenvalue weighted by Gasteiger charge is 2.31. The number of ether oxygens (including phenoxy) is 1.